The van der Waals surface area contributed by atoms with E-state index in [2.05, 4.69) is 19.2 Å². The highest BCUT2D eigenvalue weighted by Gasteiger charge is 2.14. The lowest BCUT2D eigenvalue weighted by Gasteiger charge is -2.23. The van der Waals surface area contributed by atoms with Gasteiger partial charge in [0.2, 0.25) is 0 Å². The number of aliphatic hydroxyl groups excluding tert-OH is 1. The predicted octanol–water partition coefficient (Wildman–Crippen LogP) is 2.71. The molecule has 1 rings (SSSR count). The van der Waals surface area contributed by atoms with Crippen LogP contribution in [0.15, 0.2) is 0 Å². The van der Waals surface area contributed by atoms with Gasteiger partial charge in [0, 0.05) is 12.6 Å². The van der Waals surface area contributed by atoms with E-state index >= 15 is 0 Å². The lowest BCUT2D eigenvalue weighted by molar-refractivity contribution is 0.118. The molecule has 2 N–H and O–H groups in total. The first kappa shape index (κ1) is 13.0. The number of rotatable bonds is 4. The molecule has 2 nitrogen and oxygen atoms in total. The van der Waals surface area contributed by atoms with Crippen molar-refractivity contribution in [3.63, 3.8) is 0 Å². The standard InChI is InChI=1S/C13H27NO/c1-11(2)13(15)10-14-12-8-6-4-3-5-7-9-12/h11-15H,3-10H2,1-2H3. The summed E-state index contributed by atoms with van der Waals surface area (Å²) in [7, 11) is 0. The first-order valence-corrected chi connectivity index (χ1v) is 6.61. The summed E-state index contributed by atoms with van der Waals surface area (Å²) in [5.74, 6) is 0.367. The van der Waals surface area contributed by atoms with Gasteiger partial charge in [-0.3, -0.25) is 0 Å². The van der Waals surface area contributed by atoms with Crippen LogP contribution in [0.2, 0.25) is 0 Å². The number of hydrogen-bond acceptors (Lipinski definition) is 2. The zero-order chi connectivity index (χ0) is 11.1. The Labute approximate surface area is 94.5 Å². The maximum atomic E-state index is 9.72. The van der Waals surface area contributed by atoms with E-state index in [1.807, 2.05) is 0 Å². The van der Waals surface area contributed by atoms with E-state index in [-0.39, 0.29) is 6.10 Å². The summed E-state index contributed by atoms with van der Waals surface area (Å²) >= 11 is 0. The summed E-state index contributed by atoms with van der Waals surface area (Å²) in [6.07, 6.45) is 9.33. The predicted molar refractivity (Wildman–Crippen MR) is 65.0 cm³/mol. The summed E-state index contributed by atoms with van der Waals surface area (Å²) in [6.45, 7) is 4.91. The van der Waals surface area contributed by atoms with Gasteiger partial charge in [-0.1, -0.05) is 46.0 Å². The monoisotopic (exact) mass is 213 g/mol. The Morgan fingerprint density at radius 1 is 1.07 bits per heavy atom. The largest absolute Gasteiger partial charge is 0.392 e. The van der Waals surface area contributed by atoms with Crippen molar-refractivity contribution in [3.05, 3.63) is 0 Å². The molecule has 0 spiro atoms. The van der Waals surface area contributed by atoms with Crippen LogP contribution in [0.4, 0.5) is 0 Å². The van der Waals surface area contributed by atoms with E-state index in [0.29, 0.717) is 12.0 Å². The second-order valence-corrected chi connectivity index (χ2v) is 5.26. The fourth-order valence-corrected chi connectivity index (χ4v) is 2.18. The molecule has 0 aromatic carbocycles. The number of aliphatic hydroxyl groups is 1. The van der Waals surface area contributed by atoms with Gasteiger partial charge in [-0.2, -0.15) is 0 Å². The number of nitrogens with one attached hydrogen (secondary N) is 1. The molecule has 1 aliphatic rings. The molecule has 1 fully saturated rings. The average Bonchev–Trinajstić information content (AvgIpc) is 2.15. The van der Waals surface area contributed by atoms with E-state index in [0.717, 1.165) is 6.54 Å². The Balaban J connectivity index is 2.17. The summed E-state index contributed by atoms with van der Waals surface area (Å²) < 4.78 is 0. The Bertz CT molecular complexity index is 151. The Kier molecular flexibility index (Phi) is 6.26. The molecule has 0 aliphatic heterocycles. The first-order valence-electron chi connectivity index (χ1n) is 6.61. The molecular weight excluding hydrogens is 186 g/mol. The van der Waals surface area contributed by atoms with E-state index in [1.54, 1.807) is 0 Å². The van der Waals surface area contributed by atoms with E-state index in [1.165, 1.54) is 44.9 Å². The first-order chi connectivity index (χ1) is 7.20. The summed E-state index contributed by atoms with van der Waals surface area (Å²) in [4.78, 5) is 0. The molecule has 2 heteroatoms. The molecule has 0 radical (unpaired) electrons. The quantitative estimate of drug-likeness (QED) is 0.752. The van der Waals surface area contributed by atoms with Gasteiger partial charge in [0.25, 0.3) is 0 Å². The van der Waals surface area contributed by atoms with Gasteiger partial charge >= 0.3 is 0 Å². The van der Waals surface area contributed by atoms with Gasteiger partial charge < -0.3 is 10.4 Å². The van der Waals surface area contributed by atoms with E-state index < -0.39 is 0 Å². The molecule has 0 aromatic heterocycles. The average molecular weight is 213 g/mol. The van der Waals surface area contributed by atoms with Crippen molar-refractivity contribution in [2.45, 2.75) is 70.9 Å². The zero-order valence-corrected chi connectivity index (χ0v) is 10.3. The normalized spacial score (nSPS) is 22.4. The van der Waals surface area contributed by atoms with Crippen LogP contribution < -0.4 is 5.32 Å². The minimum absolute atomic E-state index is 0.185. The molecule has 15 heavy (non-hydrogen) atoms. The van der Waals surface area contributed by atoms with E-state index in [9.17, 15) is 5.11 Å². The van der Waals surface area contributed by atoms with Crippen molar-refractivity contribution in [1.82, 2.24) is 5.32 Å². The van der Waals surface area contributed by atoms with Crippen LogP contribution in [0.25, 0.3) is 0 Å². The van der Waals surface area contributed by atoms with Crippen molar-refractivity contribution >= 4 is 0 Å². The Hall–Kier alpha value is -0.0800. The van der Waals surface area contributed by atoms with E-state index in [4.69, 9.17) is 0 Å². The molecule has 1 saturated carbocycles. The van der Waals surface area contributed by atoms with Gasteiger partial charge in [-0.15, -0.1) is 0 Å². The third kappa shape index (κ3) is 5.53. The molecule has 0 heterocycles. The van der Waals surface area contributed by atoms with Crippen LogP contribution in [0.1, 0.15) is 58.8 Å². The van der Waals surface area contributed by atoms with Gasteiger partial charge in [-0.25, -0.2) is 0 Å². The molecule has 0 amide bonds. The zero-order valence-electron chi connectivity index (χ0n) is 10.3. The second-order valence-electron chi connectivity index (χ2n) is 5.26. The molecule has 0 aromatic rings. The topological polar surface area (TPSA) is 32.3 Å². The second kappa shape index (κ2) is 7.24. The van der Waals surface area contributed by atoms with Crippen molar-refractivity contribution in [1.29, 1.82) is 0 Å². The van der Waals surface area contributed by atoms with Gasteiger partial charge in [0.15, 0.2) is 0 Å². The van der Waals surface area contributed by atoms with Gasteiger partial charge in [-0.05, 0) is 18.8 Å². The van der Waals surface area contributed by atoms with Gasteiger partial charge in [0.05, 0.1) is 6.10 Å². The molecule has 0 saturated heterocycles. The summed E-state index contributed by atoms with van der Waals surface area (Å²) in [5.41, 5.74) is 0. The maximum absolute atomic E-state index is 9.72. The lowest BCUT2D eigenvalue weighted by Crippen LogP contribution is -2.37. The highest BCUT2D eigenvalue weighted by atomic mass is 16.3. The third-order valence-corrected chi connectivity index (χ3v) is 3.49. The molecule has 1 aliphatic carbocycles. The minimum atomic E-state index is -0.185. The number of hydrogen-bond donors (Lipinski definition) is 2. The van der Waals surface area contributed by atoms with Crippen molar-refractivity contribution in [3.8, 4) is 0 Å². The fraction of sp³-hybridized carbons (Fsp3) is 1.00. The maximum Gasteiger partial charge on any atom is 0.0687 e. The van der Waals surface area contributed by atoms with Crippen molar-refractivity contribution in [2.75, 3.05) is 6.54 Å². The summed E-state index contributed by atoms with van der Waals surface area (Å²) in [5, 5.41) is 13.2. The van der Waals surface area contributed by atoms with Crippen molar-refractivity contribution < 1.29 is 5.11 Å². The fourth-order valence-electron chi connectivity index (χ4n) is 2.18. The van der Waals surface area contributed by atoms with Gasteiger partial charge in [0.1, 0.15) is 0 Å². The minimum Gasteiger partial charge on any atom is -0.392 e. The highest BCUT2D eigenvalue weighted by Crippen LogP contribution is 2.17. The summed E-state index contributed by atoms with van der Waals surface area (Å²) in [6, 6.07) is 0.652. The Morgan fingerprint density at radius 2 is 1.60 bits per heavy atom. The van der Waals surface area contributed by atoms with Crippen LogP contribution in [-0.4, -0.2) is 23.8 Å². The molecule has 1 unspecified atom stereocenters. The Morgan fingerprint density at radius 3 is 2.13 bits per heavy atom. The smallest absolute Gasteiger partial charge is 0.0687 e. The molecular formula is C13H27NO. The lowest BCUT2D eigenvalue weighted by atomic mass is 9.96. The van der Waals surface area contributed by atoms with Crippen molar-refractivity contribution in [2.24, 2.45) is 5.92 Å². The molecule has 90 valence electrons. The van der Waals surface area contributed by atoms with Crippen LogP contribution in [0, 0.1) is 5.92 Å². The molecule has 1 atom stereocenters. The molecule has 0 bridgehead atoms. The highest BCUT2D eigenvalue weighted by molar-refractivity contribution is 4.72. The van der Waals surface area contributed by atoms with Crippen LogP contribution in [-0.2, 0) is 0 Å². The SMILES string of the molecule is CC(C)C(O)CNC1CCCCCCC1. The van der Waals surface area contributed by atoms with Crippen LogP contribution >= 0.6 is 0 Å². The third-order valence-electron chi connectivity index (χ3n) is 3.49. The van der Waals surface area contributed by atoms with Crippen LogP contribution in [0.5, 0.6) is 0 Å². The van der Waals surface area contributed by atoms with Crippen LogP contribution in [0.3, 0.4) is 0 Å².